The van der Waals surface area contributed by atoms with Crippen LogP contribution in [0.25, 0.3) is 11.0 Å². The molecule has 1 aliphatic carbocycles. The average Bonchev–Trinajstić information content (AvgIpc) is 3.15. The number of amides is 1. The maximum atomic E-state index is 12.5. The molecule has 3 aromatic rings. The number of nitrogens with zero attached hydrogens (tertiary/aromatic N) is 1. The summed E-state index contributed by atoms with van der Waals surface area (Å²) in [6, 6.07) is 4.99. The minimum absolute atomic E-state index is 0.130. The summed E-state index contributed by atoms with van der Waals surface area (Å²) < 4.78 is 0. The Morgan fingerprint density at radius 2 is 2.04 bits per heavy atom. The van der Waals surface area contributed by atoms with Crippen LogP contribution in [-0.4, -0.2) is 20.9 Å². The molecule has 0 aliphatic heterocycles. The smallest absolute Gasteiger partial charge is 0.323 e. The van der Waals surface area contributed by atoms with Crippen molar-refractivity contribution >= 4 is 28.3 Å². The predicted octanol–water partition coefficient (Wildman–Crippen LogP) is 2.68. The van der Waals surface area contributed by atoms with Crippen LogP contribution in [0.2, 0.25) is 0 Å². The van der Waals surface area contributed by atoms with E-state index < -0.39 is 0 Å². The summed E-state index contributed by atoms with van der Waals surface area (Å²) in [7, 11) is 0. The van der Waals surface area contributed by atoms with Gasteiger partial charge in [0, 0.05) is 10.4 Å². The molecule has 1 aromatic carbocycles. The number of H-pyrrole nitrogens is 2. The van der Waals surface area contributed by atoms with Gasteiger partial charge in [0.2, 0.25) is 0 Å². The van der Waals surface area contributed by atoms with Crippen molar-refractivity contribution in [2.24, 2.45) is 0 Å². The first-order valence-corrected chi connectivity index (χ1v) is 8.93. The van der Waals surface area contributed by atoms with E-state index in [0.717, 1.165) is 17.8 Å². The Bertz CT molecular complexity index is 945. The maximum absolute atomic E-state index is 12.5. The van der Waals surface area contributed by atoms with E-state index >= 15 is 0 Å². The van der Waals surface area contributed by atoms with Gasteiger partial charge in [-0.05, 0) is 50.8 Å². The van der Waals surface area contributed by atoms with E-state index in [0.29, 0.717) is 16.6 Å². The molecule has 1 amide bonds. The second-order valence-corrected chi connectivity index (χ2v) is 7.28. The van der Waals surface area contributed by atoms with Gasteiger partial charge in [-0.15, -0.1) is 11.3 Å². The molecule has 0 fully saturated rings. The van der Waals surface area contributed by atoms with Gasteiger partial charge in [0.1, 0.15) is 5.01 Å². The van der Waals surface area contributed by atoms with Gasteiger partial charge < -0.3 is 15.3 Å². The van der Waals surface area contributed by atoms with Gasteiger partial charge in [0.25, 0.3) is 5.91 Å². The van der Waals surface area contributed by atoms with Gasteiger partial charge >= 0.3 is 5.69 Å². The molecule has 0 bridgehead atoms. The van der Waals surface area contributed by atoms with E-state index in [4.69, 9.17) is 4.98 Å². The van der Waals surface area contributed by atoms with Crippen molar-refractivity contribution in [1.29, 1.82) is 0 Å². The molecule has 6 nitrogen and oxygen atoms in total. The molecule has 0 saturated heterocycles. The highest BCUT2D eigenvalue weighted by atomic mass is 32.1. The van der Waals surface area contributed by atoms with Crippen LogP contribution in [0.1, 0.15) is 51.7 Å². The van der Waals surface area contributed by atoms with Crippen LogP contribution in [0, 0.1) is 0 Å². The summed E-state index contributed by atoms with van der Waals surface area (Å²) in [6.45, 7) is 1.96. The van der Waals surface area contributed by atoms with Gasteiger partial charge in [-0.25, -0.2) is 9.78 Å². The second kappa shape index (κ2) is 5.90. The summed E-state index contributed by atoms with van der Waals surface area (Å²) >= 11 is 1.71. The SMILES string of the molecule is CC(NC(=O)c1ccc2[nH]c(=O)[nH]c2c1)c1nc2c(s1)CCCC2. The zero-order chi connectivity index (χ0) is 16.7. The number of imidazole rings is 1. The summed E-state index contributed by atoms with van der Waals surface area (Å²) in [6.07, 6.45) is 4.57. The van der Waals surface area contributed by atoms with Crippen molar-refractivity contribution in [3.8, 4) is 0 Å². The van der Waals surface area contributed by atoms with Crippen molar-refractivity contribution in [2.45, 2.75) is 38.6 Å². The van der Waals surface area contributed by atoms with Crippen LogP contribution in [0.5, 0.6) is 0 Å². The summed E-state index contributed by atoms with van der Waals surface area (Å²) in [5.74, 6) is -0.167. The topological polar surface area (TPSA) is 90.6 Å². The number of carbonyl (C=O) groups excluding carboxylic acids is 1. The lowest BCUT2D eigenvalue weighted by Crippen LogP contribution is -2.26. The zero-order valence-corrected chi connectivity index (χ0v) is 14.1. The summed E-state index contributed by atoms with van der Waals surface area (Å²) in [5.41, 5.74) is 2.77. The molecular weight excluding hydrogens is 324 g/mol. The molecule has 0 radical (unpaired) electrons. The lowest BCUT2D eigenvalue weighted by atomic mass is 10.0. The minimum atomic E-state index is -0.274. The molecule has 1 atom stereocenters. The predicted molar refractivity (Wildman–Crippen MR) is 93.6 cm³/mol. The van der Waals surface area contributed by atoms with E-state index in [1.807, 2.05) is 6.92 Å². The largest absolute Gasteiger partial charge is 0.343 e. The number of fused-ring (bicyclic) bond motifs is 2. The van der Waals surface area contributed by atoms with Crippen LogP contribution in [0.4, 0.5) is 0 Å². The Kier molecular flexibility index (Phi) is 3.72. The van der Waals surface area contributed by atoms with Crippen LogP contribution in [-0.2, 0) is 12.8 Å². The molecule has 0 saturated carbocycles. The molecule has 124 valence electrons. The fourth-order valence-corrected chi connectivity index (χ4v) is 4.23. The first-order valence-electron chi connectivity index (χ1n) is 8.11. The Morgan fingerprint density at radius 1 is 1.25 bits per heavy atom. The third-order valence-corrected chi connectivity index (χ3v) is 5.70. The second-order valence-electron chi connectivity index (χ2n) is 6.16. The highest BCUT2D eigenvalue weighted by Gasteiger charge is 2.20. The summed E-state index contributed by atoms with van der Waals surface area (Å²) in [5, 5.41) is 3.96. The molecule has 2 aromatic heterocycles. The number of hydrogen-bond acceptors (Lipinski definition) is 4. The number of aryl methyl sites for hydroxylation is 2. The van der Waals surface area contributed by atoms with Gasteiger partial charge in [0.15, 0.2) is 0 Å². The number of nitrogens with one attached hydrogen (secondary N) is 3. The molecule has 1 aliphatic rings. The third kappa shape index (κ3) is 2.75. The van der Waals surface area contributed by atoms with Gasteiger partial charge in [-0.2, -0.15) is 0 Å². The van der Waals surface area contributed by atoms with E-state index in [9.17, 15) is 9.59 Å². The Morgan fingerprint density at radius 3 is 2.88 bits per heavy atom. The number of aromatic amines is 2. The van der Waals surface area contributed by atoms with E-state index in [1.165, 1.54) is 23.4 Å². The number of carbonyl (C=O) groups is 1. The lowest BCUT2D eigenvalue weighted by molar-refractivity contribution is 0.0940. The Labute approximate surface area is 142 Å². The third-order valence-electron chi connectivity index (χ3n) is 4.36. The highest BCUT2D eigenvalue weighted by molar-refractivity contribution is 7.11. The van der Waals surface area contributed by atoms with E-state index in [-0.39, 0.29) is 17.6 Å². The van der Waals surface area contributed by atoms with Crippen molar-refractivity contribution in [2.75, 3.05) is 0 Å². The first kappa shape index (κ1) is 15.1. The number of thiazole rings is 1. The number of aromatic nitrogens is 3. The van der Waals surface area contributed by atoms with Crippen molar-refractivity contribution in [3.05, 3.63) is 49.8 Å². The number of hydrogen-bond donors (Lipinski definition) is 3. The maximum Gasteiger partial charge on any atom is 0.323 e. The Hall–Kier alpha value is -2.41. The van der Waals surface area contributed by atoms with Crippen LogP contribution < -0.4 is 11.0 Å². The molecule has 24 heavy (non-hydrogen) atoms. The number of benzene rings is 1. The van der Waals surface area contributed by atoms with Crippen LogP contribution in [0.15, 0.2) is 23.0 Å². The molecule has 7 heteroatoms. The number of rotatable bonds is 3. The van der Waals surface area contributed by atoms with Crippen molar-refractivity contribution in [1.82, 2.24) is 20.3 Å². The van der Waals surface area contributed by atoms with Gasteiger partial charge in [-0.1, -0.05) is 0 Å². The monoisotopic (exact) mass is 342 g/mol. The molecule has 3 N–H and O–H groups in total. The fourth-order valence-electron chi connectivity index (χ4n) is 3.07. The van der Waals surface area contributed by atoms with Gasteiger partial charge in [0.05, 0.1) is 22.8 Å². The zero-order valence-electron chi connectivity index (χ0n) is 13.3. The first-order chi connectivity index (χ1) is 11.6. The molecular formula is C17H18N4O2S. The molecule has 1 unspecified atom stereocenters. The van der Waals surface area contributed by atoms with Crippen molar-refractivity contribution < 1.29 is 4.79 Å². The highest BCUT2D eigenvalue weighted by Crippen LogP contribution is 2.29. The normalized spacial score (nSPS) is 15.2. The molecule has 2 heterocycles. The fraction of sp³-hybridized carbons (Fsp3) is 0.353. The minimum Gasteiger partial charge on any atom is -0.343 e. The Balaban J connectivity index is 1.53. The quantitative estimate of drug-likeness (QED) is 0.683. The van der Waals surface area contributed by atoms with E-state index in [2.05, 4.69) is 15.3 Å². The van der Waals surface area contributed by atoms with Crippen LogP contribution in [0.3, 0.4) is 0 Å². The van der Waals surface area contributed by atoms with Gasteiger partial charge in [-0.3, -0.25) is 4.79 Å². The standard InChI is InChI=1S/C17H18N4O2S/c1-9(16-19-12-4-2-3-5-14(12)24-16)18-15(22)10-6-7-11-13(8-10)21-17(23)20-11/h6-9H,2-5H2,1H3,(H,18,22)(H2,20,21,23). The molecule has 0 spiro atoms. The lowest BCUT2D eigenvalue weighted by Gasteiger charge is -2.11. The molecule has 4 rings (SSSR count). The van der Waals surface area contributed by atoms with E-state index in [1.54, 1.807) is 29.5 Å². The average molecular weight is 342 g/mol. The van der Waals surface area contributed by atoms with Crippen LogP contribution >= 0.6 is 11.3 Å². The summed E-state index contributed by atoms with van der Waals surface area (Å²) in [4.78, 5) is 35.2. The van der Waals surface area contributed by atoms with Crippen molar-refractivity contribution in [3.63, 3.8) is 0 Å².